The third kappa shape index (κ3) is 7.35. The number of carbonyl (C=O) groups excluding carboxylic acids is 2. The molecule has 3 atom stereocenters. The van der Waals surface area contributed by atoms with E-state index < -0.39 is 58.7 Å². The number of alkyl halides is 2. The highest BCUT2D eigenvalue weighted by molar-refractivity contribution is 6.34. The Kier molecular flexibility index (Phi) is 10.9. The maximum absolute atomic E-state index is 15.0. The fourth-order valence-corrected chi connectivity index (χ4v) is 4.91. The zero-order chi connectivity index (χ0) is 34.9. The summed E-state index contributed by atoms with van der Waals surface area (Å²) < 4.78 is 76.2. The van der Waals surface area contributed by atoms with Crippen molar-refractivity contribution in [1.82, 2.24) is 0 Å². The number of allylic oxidation sites excluding steroid dienone is 3. The summed E-state index contributed by atoms with van der Waals surface area (Å²) in [6, 6.07) is 7.82. The van der Waals surface area contributed by atoms with E-state index in [-0.39, 0.29) is 33.5 Å². The molecule has 46 heavy (non-hydrogen) atoms. The molecule has 0 saturated heterocycles. The van der Waals surface area contributed by atoms with E-state index in [1.165, 1.54) is 0 Å². The van der Waals surface area contributed by atoms with Crippen LogP contribution in [0.1, 0.15) is 79.4 Å². The molecule has 0 spiro atoms. The quantitative estimate of drug-likeness (QED) is 0.164. The monoisotopic (exact) mass is 670 g/mol. The van der Waals surface area contributed by atoms with Crippen molar-refractivity contribution in [1.29, 1.82) is 0 Å². The van der Waals surface area contributed by atoms with Gasteiger partial charge in [-0.25, -0.2) is 22.0 Å². The van der Waals surface area contributed by atoms with Gasteiger partial charge >= 0.3 is 0 Å². The van der Waals surface area contributed by atoms with Crippen LogP contribution in [0, 0.1) is 5.92 Å². The number of aromatic hydroxyl groups is 1. The first-order valence-electron chi connectivity index (χ1n) is 14.9. The van der Waals surface area contributed by atoms with Crippen LogP contribution in [0.4, 0.5) is 33.3 Å². The number of hydrogen-bond donors (Lipinski definition) is 3. The largest absolute Gasteiger partial charge is 0.506 e. The molecule has 1 aliphatic carbocycles. The minimum absolute atomic E-state index is 0.0802. The molecule has 0 saturated carbocycles. The number of phenolic OH excluding ortho intramolecular Hbond substituents is 1. The van der Waals surface area contributed by atoms with Crippen LogP contribution >= 0.6 is 11.6 Å². The lowest BCUT2D eigenvalue weighted by Gasteiger charge is -2.32. The molecular weight excluding hydrogens is 631 g/mol. The summed E-state index contributed by atoms with van der Waals surface area (Å²) in [6.45, 7) is 16.3. The van der Waals surface area contributed by atoms with Crippen LogP contribution in [0.5, 0.6) is 11.5 Å². The lowest BCUT2D eigenvalue weighted by Crippen LogP contribution is -2.47. The Morgan fingerprint density at radius 2 is 1.61 bits per heavy atom. The molecule has 0 fully saturated rings. The van der Waals surface area contributed by atoms with Gasteiger partial charge in [0.05, 0.1) is 16.4 Å². The van der Waals surface area contributed by atoms with Crippen LogP contribution in [0.25, 0.3) is 0 Å². The number of phenols is 1. The number of anilines is 2. The molecule has 2 aromatic rings. The van der Waals surface area contributed by atoms with E-state index >= 15 is 4.39 Å². The van der Waals surface area contributed by atoms with Crippen molar-refractivity contribution in [3.8, 4) is 11.5 Å². The van der Waals surface area contributed by atoms with Crippen LogP contribution < -0.4 is 15.4 Å². The molecule has 0 aromatic heterocycles. The van der Waals surface area contributed by atoms with E-state index in [2.05, 4.69) is 52.9 Å². The SMILES string of the molecule is CCC(C)(C)c1ccc(OC(C(=O)Nc2cc(O)c(NC(=O)C3(F)C=C(F)C(F)=C(F)C3F)cc2Cl)C(C)C)c(C(C)(C)CC)c1. The zero-order valence-electron chi connectivity index (χ0n) is 27.1. The standard InChI is InChI=1S/C34H40ClF5N2O4/c1-9-32(5,6)18-11-12-25(19(13-18)33(7,8)10-2)46-28(17(3)4)30(44)41-22-15-24(43)23(14-20(22)35)42-31(45)34(40)16-21(36)26(37)27(38)29(34)39/h11-17,28-29,43H,9-10H2,1-8H3,(H,41,44)(H,42,45). The van der Waals surface area contributed by atoms with E-state index in [9.17, 15) is 32.3 Å². The van der Waals surface area contributed by atoms with Crippen molar-refractivity contribution in [2.75, 3.05) is 10.6 Å². The molecule has 0 aliphatic heterocycles. The van der Waals surface area contributed by atoms with Gasteiger partial charge in [0.1, 0.15) is 11.5 Å². The van der Waals surface area contributed by atoms with Gasteiger partial charge in [-0.2, -0.15) is 0 Å². The molecule has 12 heteroatoms. The second-order valence-corrected chi connectivity index (χ2v) is 13.5. The van der Waals surface area contributed by atoms with Crippen LogP contribution in [0.2, 0.25) is 5.02 Å². The van der Waals surface area contributed by atoms with E-state index in [4.69, 9.17) is 16.3 Å². The van der Waals surface area contributed by atoms with Crippen molar-refractivity contribution >= 4 is 34.8 Å². The maximum Gasteiger partial charge on any atom is 0.269 e. The average Bonchev–Trinajstić information content (AvgIpc) is 2.99. The summed E-state index contributed by atoms with van der Waals surface area (Å²) in [5.74, 6) is -9.87. The average molecular weight is 671 g/mol. The highest BCUT2D eigenvalue weighted by Gasteiger charge is 2.53. The van der Waals surface area contributed by atoms with Crippen LogP contribution in [-0.2, 0) is 20.4 Å². The third-order valence-corrected chi connectivity index (χ3v) is 8.98. The number of hydrogen-bond acceptors (Lipinski definition) is 4. The normalized spacial score (nSPS) is 19.5. The number of amides is 2. The molecule has 3 unspecified atom stereocenters. The predicted octanol–water partition coefficient (Wildman–Crippen LogP) is 9.47. The fourth-order valence-electron chi connectivity index (χ4n) is 4.70. The summed E-state index contributed by atoms with van der Waals surface area (Å²) in [5, 5.41) is 14.7. The van der Waals surface area contributed by atoms with Gasteiger partial charge in [0.15, 0.2) is 23.6 Å². The smallest absolute Gasteiger partial charge is 0.269 e. The van der Waals surface area contributed by atoms with E-state index in [0.717, 1.165) is 36.1 Å². The Morgan fingerprint density at radius 3 is 2.17 bits per heavy atom. The summed E-state index contributed by atoms with van der Waals surface area (Å²) in [5.41, 5.74) is -2.93. The first kappa shape index (κ1) is 36.9. The van der Waals surface area contributed by atoms with E-state index in [0.29, 0.717) is 5.75 Å². The number of carbonyl (C=O) groups is 2. The van der Waals surface area contributed by atoms with Gasteiger partial charge in [-0.3, -0.25) is 9.59 Å². The van der Waals surface area contributed by atoms with Gasteiger partial charge in [0, 0.05) is 17.7 Å². The Bertz CT molecular complexity index is 1570. The highest BCUT2D eigenvalue weighted by Crippen LogP contribution is 2.42. The van der Waals surface area contributed by atoms with Gasteiger partial charge in [-0.15, -0.1) is 0 Å². The lowest BCUT2D eigenvalue weighted by molar-refractivity contribution is -0.128. The first-order chi connectivity index (χ1) is 21.2. The van der Waals surface area contributed by atoms with Gasteiger partial charge in [0.25, 0.3) is 11.8 Å². The Hall–Kier alpha value is -3.60. The molecule has 0 bridgehead atoms. The number of nitrogens with one attached hydrogen (secondary N) is 2. The predicted molar refractivity (Wildman–Crippen MR) is 170 cm³/mol. The van der Waals surface area contributed by atoms with Crippen molar-refractivity contribution in [3.05, 3.63) is 70.0 Å². The van der Waals surface area contributed by atoms with Crippen LogP contribution in [-0.4, -0.2) is 34.9 Å². The molecule has 0 radical (unpaired) electrons. The molecule has 2 amide bonds. The van der Waals surface area contributed by atoms with Crippen molar-refractivity contribution in [2.45, 2.75) is 97.0 Å². The number of benzene rings is 2. The van der Waals surface area contributed by atoms with Crippen molar-refractivity contribution in [3.63, 3.8) is 0 Å². The molecule has 2 aromatic carbocycles. The second-order valence-electron chi connectivity index (χ2n) is 13.0. The van der Waals surface area contributed by atoms with Gasteiger partial charge in [-0.1, -0.05) is 79.1 Å². The Labute approximate surface area is 271 Å². The maximum atomic E-state index is 15.0. The summed E-state index contributed by atoms with van der Waals surface area (Å²) >= 11 is 6.29. The molecular formula is C34H40ClF5N2O4. The van der Waals surface area contributed by atoms with Gasteiger partial charge in [-0.05, 0) is 47.3 Å². The number of ether oxygens (including phenoxy) is 1. The Morgan fingerprint density at radius 1 is 1.00 bits per heavy atom. The summed E-state index contributed by atoms with van der Waals surface area (Å²) in [6.07, 6.45) is -3.11. The van der Waals surface area contributed by atoms with E-state index in [1.54, 1.807) is 19.2 Å². The number of halogens is 6. The lowest BCUT2D eigenvalue weighted by atomic mass is 9.76. The van der Waals surface area contributed by atoms with Gasteiger partial charge < -0.3 is 20.5 Å². The number of rotatable bonds is 11. The van der Waals surface area contributed by atoms with Gasteiger partial charge in [0.2, 0.25) is 11.8 Å². The minimum Gasteiger partial charge on any atom is -0.506 e. The molecule has 0 heterocycles. The molecule has 3 N–H and O–H groups in total. The highest BCUT2D eigenvalue weighted by atomic mass is 35.5. The topological polar surface area (TPSA) is 87.7 Å². The molecule has 6 nitrogen and oxygen atoms in total. The van der Waals surface area contributed by atoms with Crippen LogP contribution in [0.3, 0.4) is 0 Å². The Balaban J connectivity index is 1.88. The second kappa shape index (κ2) is 13.6. The molecule has 252 valence electrons. The third-order valence-electron chi connectivity index (χ3n) is 8.66. The minimum atomic E-state index is -3.97. The molecule has 1 aliphatic rings. The summed E-state index contributed by atoms with van der Waals surface area (Å²) in [7, 11) is 0. The summed E-state index contributed by atoms with van der Waals surface area (Å²) in [4.78, 5) is 26.0. The fraction of sp³-hybridized carbons (Fsp3) is 0.471. The first-order valence-corrected chi connectivity index (χ1v) is 15.3. The van der Waals surface area contributed by atoms with E-state index in [1.807, 2.05) is 12.1 Å². The van der Waals surface area contributed by atoms with Crippen molar-refractivity contribution in [2.24, 2.45) is 5.92 Å². The van der Waals surface area contributed by atoms with Crippen LogP contribution in [0.15, 0.2) is 53.9 Å². The zero-order valence-corrected chi connectivity index (χ0v) is 27.8. The van der Waals surface area contributed by atoms with Crippen molar-refractivity contribution < 1.29 is 41.4 Å². The molecule has 3 rings (SSSR count).